The van der Waals surface area contributed by atoms with E-state index < -0.39 is 5.91 Å². The maximum Gasteiger partial charge on any atom is 0.255 e. The van der Waals surface area contributed by atoms with Crippen molar-refractivity contribution in [2.24, 2.45) is 0 Å². The number of rotatable bonds is 4. The molecule has 2 amide bonds. The Morgan fingerprint density at radius 2 is 2.30 bits per heavy atom. The number of nitrogens with one attached hydrogen (secondary N) is 1. The Morgan fingerprint density at radius 3 is 2.95 bits per heavy atom. The van der Waals surface area contributed by atoms with Crippen LogP contribution in [0.3, 0.4) is 0 Å². The van der Waals surface area contributed by atoms with E-state index in [4.69, 9.17) is 5.73 Å². The van der Waals surface area contributed by atoms with Gasteiger partial charge in [-0.2, -0.15) is 0 Å². The molecule has 20 heavy (non-hydrogen) atoms. The van der Waals surface area contributed by atoms with E-state index in [1.54, 1.807) is 11.0 Å². The van der Waals surface area contributed by atoms with Crippen LogP contribution in [-0.4, -0.2) is 41.0 Å². The normalized spacial score (nSPS) is 16.2. The number of nitrogen functional groups attached to an aromatic ring is 1. The van der Waals surface area contributed by atoms with Gasteiger partial charge in [0.15, 0.2) is 5.75 Å². The molecular weight excluding hydrogens is 258 g/mol. The molecule has 2 rings (SSSR count). The first-order chi connectivity index (χ1) is 9.49. The average molecular weight is 277 g/mol. The molecule has 1 aromatic rings. The van der Waals surface area contributed by atoms with Crippen molar-refractivity contribution >= 4 is 17.5 Å². The number of phenolic OH excluding ortho intramolecular Hbond substituents is 1. The highest BCUT2D eigenvalue weighted by molar-refractivity contribution is 5.98. The number of carbonyl (C=O) groups excluding carboxylic acids is 2. The van der Waals surface area contributed by atoms with E-state index in [0.29, 0.717) is 13.0 Å². The fourth-order valence-electron chi connectivity index (χ4n) is 2.32. The second kappa shape index (κ2) is 5.81. The van der Waals surface area contributed by atoms with Gasteiger partial charge in [0.05, 0.1) is 11.3 Å². The summed E-state index contributed by atoms with van der Waals surface area (Å²) in [6, 6.07) is 4.46. The van der Waals surface area contributed by atoms with Crippen LogP contribution >= 0.6 is 0 Å². The van der Waals surface area contributed by atoms with Crippen molar-refractivity contribution in [3.05, 3.63) is 23.8 Å². The van der Waals surface area contributed by atoms with Crippen molar-refractivity contribution in [1.82, 2.24) is 10.2 Å². The molecular formula is C14H19N3O3. The van der Waals surface area contributed by atoms with Gasteiger partial charge in [-0.15, -0.1) is 0 Å². The van der Waals surface area contributed by atoms with E-state index in [-0.39, 0.29) is 28.9 Å². The maximum absolute atomic E-state index is 12.1. The smallest absolute Gasteiger partial charge is 0.255 e. The van der Waals surface area contributed by atoms with Crippen LogP contribution in [0.15, 0.2) is 18.2 Å². The van der Waals surface area contributed by atoms with Gasteiger partial charge >= 0.3 is 0 Å². The quantitative estimate of drug-likeness (QED) is 0.558. The number of benzene rings is 1. The first-order valence-corrected chi connectivity index (χ1v) is 6.65. The predicted octanol–water partition coefficient (Wildman–Crippen LogP) is 0.715. The largest absolute Gasteiger partial charge is 0.505 e. The summed E-state index contributed by atoms with van der Waals surface area (Å²) in [6.07, 6.45) is 1.45. The van der Waals surface area contributed by atoms with Gasteiger partial charge in [0, 0.05) is 25.6 Å². The van der Waals surface area contributed by atoms with Gasteiger partial charge in [0.25, 0.3) is 5.91 Å². The van der Waals surface area contributed by atoms with Crippen molar-refractivity contribution in [3.63, 3.8) is 0 Å². The van der Waals surface area contributed by atoms with Crippen molar-refractivity contribution < 1.29 is 14.7 Å². The summed E-state index contributed by atoms with van der Waals surface area (Å²) < 4.78 is 0. The van der Waals surface area contributed by atoms with Crippen LogP contribution in [0.25, 0.3) is 0 Å². The summed E-state index contributed by atoms with van der Waals surface area (Å²) in [5.41, 5.74) is 5.87. The number of para-hydroxylation sites is 1. The number of amides is 2. The first-order valence-electron chi connectivity index (χ1n) is 6.65. The van der Waals surface area contributed by atoms with Gasteiger partial charge in [-0.25, -0.2) is 0 Å². The number of nitrogens with two attached hydrogens (primary N) is 1. The fraction of sp³-hybridized carbons (Fsp3) is 0.429. The molecule has 1 fully saturated rings. The highest BCUT2D eigenvalue weighted by atomic mass is 16.3. The average Bonchev–Trinajstić information content (AvgIpc) is 2.78. The molecule has 4 N–H and O–H groups in total. The number of hydrogen-bond acceptors (Lipinski definition) is 4. The van der Waals surface area contributed by atoms with Gasteiger partial charge in [-0.05, 0) is 25.5 Å². The minimum Gasteiger partial charge on any atom is -0.505 e. The monoisotopic (exact) mass is 277 g/mol. The van der Waals surface area contributed by atoms with Crippen LogP contribution in [0.4, 0.5) is 5.69 Å². The molecule has 108 valence electrons. The van der Waals surface area contributed by atoms with Gasteiger partial charge in [-0.3, -0.25) is 9.59 Å². The molecule has 0 bridgehead atoms. The van der Waals surface area contributed by atoms with Crippen molar-refractivity contribution in [2.75, 3.05) is 18.8 Å². The molecule has 0 aromatic heterocycles. The van der Waals surface area contributed by atoms with Gasteiger partial charge < -0.3 is 21.1 Å². The Bertz CT molecular complexity index is 530. The number of hydrogen-bond donors (Lipinski definition) is 3. The third-order valence-electron chi connectivity index (χ3n) is 3.35. The molecule has 1 aliphatic rings. The van der Waals surface area contributed by atoms with Crippen LogP contribution in [0.2, 0.25) is 0 Å². The van der Waals surface area contributed by atoms with Crippen LogP contribution in [0.1, 0.15) is 30.1 Å². The SMILES string of the molecule is CC(CN1CCCC1=O)NC(=O)c1cccc(N)c1O. The molecule has 6 nitrogen and oxygen atoms in total. The van der Waals surface area contributed by atoms with Crippen LogP contribution in [-0.2, 0) is 4.79 Å². The fourth-order valence-corrected chi connectivity index (χ4v) is 2.32. The lowest BCUT2D eigenvalue weighted by Gasteiger charge is -2.21. The van der Waals surface area contributed by atoms with Crippen LogP contribution in [0, 0.1) is 0 Å². The summed E-state index contributed by atoms with van der Waals surface area (Å²) in [5, 5.41) is 12.5. The third-order valence-corrected chi connectivity index (χ3v) is 3.35. The van der Waals surface area contributed by atoms with E-state index in [2.05, 4.69) is 5.32 Å². The van der Waals surface area contributed by atoms with Crippen LogP contribution in [0.5, 0.6) is 5.75 Å². The molecule has 1 aliphatic heterocycles. The molecule has 1 atom stereocenters. The minimum atomic E-state index is -0.394. The van der Waals surface area contributed by atoms with Crippen molar-refractivity contribution in [1.29, 1.82) is 0 Å². The number of likely N-dealkylation sites (tertiary alicyclic amines) is 1. The van der Waals surface area contributed by atoms with Gasteiger partial charge in [0.2, 0.25) is 5.91 Å². The van der Waals surface area contributed by atoms with E-state index >= 15 is 0 Å². The molecule has 0 aliphatic carbocycles. The zero-order valence-corrected chi connectivity index (χ0v) is 11.4. The van der Waals surface area contributed by atoms with Crippen molar-refractivity contribution in [3.8, 4) is 5.75 Å². The van der Waals surface area contributed by atoms with Gasteiger partial charge in [-0.1, -0.05) is 6.07 Å². The molecule has 6 heteroatoms. The second-order valence-corrected chi connectivity index (χ2v) is 5.06. The maximum atomic E-state index is 12.1. The highest BCUT2D eigenvalue weighted by Crippen LogP contribution is 2.24. The number of anilines is 1. The number of aromatic hydroxyl groups is 1. The molecule has 1 aromatic carbocycles. The lowest BCUT2D eigenvalue weighted by atomic mass is 10.1. The van der Waals surface area contributed by atoms with Gasteiger partial charge in [0.1, 0.15) is 0 Å². The Labute approximate surface area is 117 Å². The van der Waals surface area contributed by atoms with Crippen molar-refractivity contribution in [2.45, 2.75) is 25.8 Å². The summed E-state index contributed by atoms with van der Waals surface area (Å²) in [5.74, 6) is -0.485. The molecule has 0 saturated carbocycles. The molecule has 0 radical (unpaired) electrons. The topological polar surface area (TPSA) is 95.7 Å². The second-order valence-electron chi connectivity index (χ2n) is 5.06. The zero-order chi connectivity index (χ0) is 14.7. The number of carbonyl (C=O) groups is 2. The zero-order valence-electron chi connectivity index (χ0n) is 11.4. The number of nitrogens with zero attached hydrogens (tertiary/aromatic N) is 1. The van der Waals surface area contributed by atoms with E-state index in [1.807, 2.05) is 6.92 Å². The summed E-state index contributed by atoms with van der Waals surface area (Å²) >= 11 is 0. The van der Waals surface area contributed by atoms with Crippen LogP contribution < -0.4 is 11.1 Å². The number of phenols is 1. The molecule has 1 heterocycles. The minimum absolute atomic E-state index is 0.123. The third kappa shape index (κ3) is 3.01. The van der Waals surface area contributed by atoms with E-state index in [0.717, 1.165) is 13.0 Å². The first kappa shape index (κ1) is 14.2. The Hall–Kier alpha value is -2.24. The standard InChI is InChI=1S/C14H19N3O3/c1-9(8-17-7-3-6-12(17)18)16-14(20)10-4-2-5-11(15)13(10)19/h2,4-5,9,19H,3,6-8,15H2,1H3,(H,16,20). The predicted molar refractivity (Wildman–Crippen MR) is 75.3 cm³/mol. The Morgan fingerprint density at radius 1 is 1.55 bits per heavy atom. The molecule has 1 saturated heterocycles. The Balaban J connectivity index is 1.97. The Kier molecular flexibility index (Phi) is 4.12. The molecule has 1 unspecified atom stereocenters. The summed E-state index contributed by atoms with van der Waals surface area (Å²) in [7, 11) is 0. The van der Waals surface area contributed by atoms with E-state index in [9.17, 15) is 14.7 Å². The summed E-state index contributed by atoms with van der Waals surface area (Å²) in [6.45, 7) is 3.04. The lowest BCUT2D eigenvalue weighted by Crippen LogP contribution is -2.42. The highest BCUT2D eigenvalue weighted by Gasteiger charge is 2.23. The molecule has 0 spiro atoms. The summed E-state index contributed by atoms with van der Waals surface area (Å²) in [4.78, 5) is 25.3. The van der Waals surface area contributed by atoms with E-state index in [1.165, 1.54) is 12.1 Å². The lowest BCUT2D eigenvalue weighted by molar-refractivity contribution is -0.127.